The van der Waals surface area contributed by atoms with Gasteiger partial charge in [-0.25, -0.2) is 9.59 Å². The molecule has 0 aromatic heterocycles. The number of alkyl carbamates (subject to hydrolysis) is 1. The molecule has 6 nitrogen and oxygen atoms in total. The molecule has 0 aliphatic rings. The Hall–Kier alpha value is -1.76. The van der Waals surface area contributed by atoms with Crippen molar-refractivity contribution in [3.63, 3.8) is 0 Å². The molecule has 0 aliphatic heterocycles. The van der Waals surface area contributed by atoms with E-state index in [0.29, 0.717) is 11.1 Å². The van der Waals surface area contributed by atoms with Crippen molar-refractivity contribution < 1.29 is 24.5 Å². The van der Waals surface area contributed by atoms with Crippen LogP contribution in [0.3, 0.4) is 0 Å². The molecule has 0 bridgehead atoms. The van der Waals surface area contributed by atoms with Crippen LogP contribution in [0.1, 0.15) is 31.9 Å². The topological polar surface area (TPSA) is 95.9 Å². The van der Waals surface area contributed by atoms with Crippen molar-refractivity contribution in [1.29, 1.82) is 0 Å². The highest BCUT2D eigenvalue weighted by Crippen LogP contribution is 2.27. The van der Waals surface area contributed by atoms with Gasteiger partial charge < -0.3 is 20.3 Å². The number of carboxylic acid groups (broad SMARTS) is 1. The largest absolute Gasteiger partial charge is 0.507 e. The SMILES string of the molecule is Cc1cc(Br)cc(CC(NC(=O)OC(C)(C)C)C(=O)O)c1O. The van der Waals surface area contributed by atoms with Crippen molar-refractivity contribution in [2.75, 3.05) is 0 Å². The number of amides is 1. The van der Waals surface area contributed by atoms with Crippen LogP contribution in [0.15, 0.2) is 16.6 Å². The third-order valence-electron chi connectivity index (χ3n) is 2.76. The van der Waals surface area contributed by atoms with E-state index >= 15 is 0 Å². The Balaban J connectivity index is 2.90. The Morgan fingerprint density at radius 2 is 1.95 bits per heavy atom. The number of rotatable bonds is 4. The predicted octanol–water partition coefficient (Wildman–Crippen LogP) is 2.98. The molecule has 1 amide bonds. The molecule has 7 heteroatoms. The summed E-state index contributed by atoms with van der Waals surface area (Å²) in [6.07, 6.45) is -0.869. The van der Waals surface area contributed by atoms with Crippen molar-refractivity contribution in [1.82, 2.24) is 5.32 Å². The Morgan fingerprint density at radius 1 is 1.36 bits per heavy atom. The summed E-state index contributed by atoms with van der Waals surface area (Å²) in [7, 11) is 0. The van der Waals surface area contributed by atoms with Crippen LogP contribution in [-0.2, 0) is 16.0 Å². The molecule has 0 saturated heterocycles. The van der Waals surface area contributed by atoms with Gasteiger partial charge in [0.05, 0.1) is 0 Å². The summed E-state index contributed by atoms with van der Waals surface area (Å²) >= 11 is 3.29. The number of halogens is 1. The summed E-state index contributed by atoms with van der Waals surface area (Å²) in [5.74, 6) is -1.19. The molecule has 22 heavy (non-hydrogen) atoms. The maximum atomic E-state index is 11.7. The third kappa shape index (κ3) is 5.55. The summed E-state index contributed by atoms with van der Waals surface area (Å²) < 4.78 is 5.77. The zero-order valence-corrected chi connectivity index (χ0v) is 14.5. The highest BCUT2D eigenvalue weighted by Gasteiger charge is 2.25. The highest BCUT2D eigenvalue weighted by atomic mass is 79.9. The van der Waals surface area contributed by atoms with E-state index in [1.54, 1.807) is 39.8 Å². The first-order valence-corrected chi connectivity index (χ1v) is 7.49. The van der Waals surface area contributed by atoms with Gasteiger partial charge in [0, 0.05) is 10.9 Å². The van der Waals surface area contributed by atoms with E-state index in [9.17, 15) is 19.8 Å². The standard InChI is InChI=1S/C15H20BrNO5/c1-8-5-10(16)6-9(12(8)18)7-11(13(19)20)17-14(21)22-15(2,3)4/h5-6,11,18H,7H2,1-4H3,(H,17,21)(H,19,20). The number of nitrogens with one attached hydrogen (secondary N) is 1. The average molecular weight is 374 g/mol. The van der Waals surface area contributed by atoms with Gasteiger partial charge in [0.1, 0.15) is 17.4 Å². The molecule has 3 N–H and O–H groups in total. The summed E-state index contributed by atoms with van der Waals surface area (Å²) in [4.78, 5) is 23.0. The lowest BCUT2D eigenvalue weighted by Gasteiger charge is -2.22. The summed E-state index contributed by atoms with van der Waals surface area (Å²) in [6.45, 7) is 6.77. The van der Waals surface area contributed by atoms with Gasteiger partial charge in [-0.05, 0) is 51.0 Å². The predicted molar refractivity (Wildman–Crippen MR) is 85.0 cm³/mol. The van der Waals surface area contributed by atoms with E-state index < -0.39 is 23.7 Å². The van der Waals surface area contributed by atoms with Crippen LogP contribution in [0.4, 0.5) is 4.79 Å². The minimum atomic E-state index is -1.21. The van der Waals surface area contributed by atoms with E-state index in [0.717, 1.165) is 4.47 Å². The third-order valence-corrected chi connectivity index (χ3v) is 3.22. The molecule has 1 aromatic carbocycles. The van der Waals surface area contributed by atoms with Crippen LogP contribution in [0.2, 0.25) is 0 Å². The van der Waals surface area contributed by atoms with Gasteiger partial charge in [-0.1, -0.05) is 15.9 Å². The number of ether oxygens (including phenoxy) is 1. The Kier molecular flexibility index (Phi) is 5.82. The molecule has 1 aromatic rings. The van der Waals surface area contributed by atoms with Gasteiger partial charge in [0.15, 0.2) is 0 Å². The number of aryl methyl sites for hydroxylation is 1. The second-order valence-electron chi connectivity index (χ2n) is 5.97. The lowest BCUT2D eigenvalue weighted by Crippen LogP contribution is -2.44. The fourth-order valence-electron chi connectivity index (χ4n) is 1.83. The van der Waals surface area contributed by atoms with E-state index in [1.807, 2.05) is 0 Å². The number of phenols is 1. The summed E-state index contributed by atoms with van der Waals surface area (Å²) in [5.41, 5.74) is 0.322. The highest BCUT2D eigenvalue weighted by molar-refractivity contribution is 9.10. The zero-order valence-electron chi connectivity index (χ0n) is 12.9. The lowest BCUT2D eigenvalue weighted by atomic mass is 10.0. The molecular weight excluding hydrogens is 354 g/mol. The number of hydrogen-bond donors (Lipinski definition) is 3. The molecule has 1 rings (SSSR count). The molecular formula is C15H20BrNO5. The smallest absolute Gasteiger partial charge is 0.408 e. The quantitative estimate of drug-likeness (QED) is 0.753. The normalized spacial score (nSPS) is 12.6. The van der Waals surface area contributed by atoms with Gasteiger partial charge in [-0.15, -0.1) is 0 Å². The number of carbonyl (C=O) groups excluding carboxylic acids is 1. The molecule has 0 radical (unpaired) electrons. The summed E-state index contributed by atoms with van der Waals surface area (Å²) in [5, 5.41) is 21.6. The minimum Gasteiger partial charge on any atom is -0.507 e. The van der Waals surface area contributed by atoms with Gasteiger partial charge in [-0.3, -0.25) is 0 Å². The average Bonchev–Trinajstić information content (AvgIpc) is 2.31. The van der Waals surface area contributed by atoms with Crippen LogP contribution < -0.4 is 5.32 Å². The minimum absolute atomic E-state index is 0.0143. The number of aliphatic carboxylic acids is 1. The number of benzene rings is 1. The van der Waals surface area contributed by atoms with Crippen molar-refractivity contribution in [2.45, 2.75) is 45.8 Å². The van der Waals surface area contributed by atoms with Crippen LogP contribution in [0, 0.1) is 6.92 Å². The van der Waals surface area contributed by atoms with Crippen molar-refractivity contribution in [2.24, 2.45) is 0 Å². The van der Waals surface area contributed by atoms with E-state index in [4.69, 9.17) is 4.74 Å². The first-order valence-electron chi connectivity index (χ1n) is 6.70. The molecule has 122 valence electrons. The second kappa shape index (κ2) is 7.00. The van der Waals surface area contributed by atoms with Crippen molar-refractivity contribution >= 4 is 28.0 Å². The molecule has 0 saturated carbocycles. The Labute approximate surface area is 137 Å². The first-order chi connectivity index (χ1) is 9.99. The van der Waals surface area contributed by atoms with Crippen molar-refractivity contribution in [3.8, 4) is 5.75 Å². The van der Waals surface area contributed by atoms with E-state index in [2.05, 4.69) is 21.2 Å². The number of aromatic hydroxyl groups is 1. The fourth-order valence-corrected chi connectivity index (χ4v) is 2.45. The Bertz CT molecular complexity index is 580. The first kappa shape index (κ1) is 18.3. The number of phenolic OH excluding ortho intramolecular Hbond substituents is 1. The van der Waals surface area contributed by atoms with Gasteiger partial charge in [0.25, 0.3) is 0 Å². The summed E-state index contributed by atoms with van der Waals surface area (Å²) in [6, 6.07) is 2.14. The number of carbonyl (C=O) groups is 2. The number of hydrogen-bond acceptors (Lipinski definition) is 4. The van der Waals surface area contributed by atoms with Crippen molar-refractivity contribution in [3.05, 3.63) is 27.7 Å². The molecule has 0 fully saturated rings. The number of carboxylic acids is 1. The van der Waals surface area contributed by atoms with Crippen LogP contribution in [0.5, 0.6) is 5.75 Å². The molecule has 1 unspecified atom stereocenters. The monoisotopic (exact) mass is 373 g/mol. The van der Waals surface area contributed by atoms with Crippen LogP contribution in [-0.4, -0.2) is 33.9 Å². The Morgan fingerprint density at radius 3 is 2.45 bits per heavy atom. The fraction of sp³-hybridized carbons (Fsp3) is 0.467. The maximum absolute atomic E-state index is 11.7. The van der Waals surface area contributed by atoms with E-state index in [1.165, 1.54) is 0 Å². The maximum Gasteiger partial charge on any atom is 0.408 e. The van der Waals surface area contributed by atoms with Crippen LogP contribution >= 0.6 is 15.9 Å². The van der Waals surface area contributed by atoms with Gasteiger partial charge in [0.2, 0.25) is 0 Å². The van der Waals surface area contributed by atoms with E-state index in [-0.39, 0.29) is 12.2 Å². The molecule has 0 heterocycles. The molecule has 0 spiro atoms. The molecule has 1 atom stereocenters. The second-order valence-corrected chi connectivity index (χ2v) is 6.89. The lowest BCUT2D eigenvalue weighted by molar-refractivity contribution is -0.139. The molecule has 0 aliphatic carbocycles. The van der Waals surface area contributed by atoms with Gasteiger partial charge in [-0.2, -0.15) is 0 Å². The van der Waals surface area contributed by atoms with Crippen LogP contribution in [0.25, 0.3) is 0 Å². The van der Waals surface area contributed by atoms with Gasteiger partial charge >= 0.3 is 12.1 Å². The zero-order chi connectivity index (χ0) is 17.1.